The van der Waals surface area contributed by atoms with Gasteiger partial charge in [0.1, 0.15) is 23.3 Å². The number of methoxy groups -OCH3 is 1. The van der Waals surface area contributed by atoms with Crippen molar-refractivity contribution in [2.75, 3.05) is 12.0 Å². The number of aliphatic hydroxyl groups excluding tert-OH is 1. The summed E-state index contributed by atoms with van der Waals surface area (Å²) < 4.78 is 49.5. The molecule has 1 aliphatic rings. The topological polar surface area (TPSA) is 80.0 Å². The lowest BCUT2D eigenvalue weighted by atomic mass is 9.99. The molecular weight excluding hydrogens is 463 g/mol. The van der Waals surface area contributed by atoms with Crippen LogP contribution in [0.4, 0.5) is 18.9 Å². The van der Waals surface area contributed by atoms with Crippen molar-refractivity contribution < 1.29 is 37.0 Å². The SMILES string of the molecule is COc1cc(/C(O)=C2/C(=O)C(=O)N(c3ccc(C(F)(F)F)cc3)C2c2ccco2)ccc1Cl. The number of amides is 1. The lowest BCUT2D eigenvalue weighted by Gasteiger charge is -2.23. The summed E-state index contributed by atoms with van der Waals surface area (Å²) in [5.41, 5.74) is -1.03. The third kappa shape index (κ3) is 3.95. The number of carbonyl (C=O) groups excluding carboxylic acids is 2. The molecule has 1 unspecified atom stereocenters. The second-order valence-corrected chi connectivity index (χ2v) is 7.49. The highest BCUT2D eigenvalue weighted by molar-refractivity contribution is 6.51. The van der Waals surface area contributed by atoms with Gasteiger partial charge in [-0.05, 0) is 54.6 Å². The normalized spacial score (nSPS) is 18.1. The highest BCUT2D eigenvalue weighted by Crippen LogP contribution is 2.43. The molecule has 1 aromatic heterocycles. The molecule has 33 heavy (non-hydrogen) atoms. The number of furan rings is 1. The zero-order valence-electron chi connectivity index (χ0n) is 16.9. The number of benzene rings is 2. The largest absolute Gasteiger partial charge is 0.507 e. The van der Waals surface area contributed by atoms with Crippen LogP contribution in [0.25, 0.3) is 5.76 Å². The van der Waals surface area contributed by atoms with Crippen molar-refractivity contribution in [1.29, 1.82) is 0 Å². The molecule has 1 aliphatic heterocycles. The summed E-state index contributed by atoms with van der Waals surface area (Å²) in [5, 5.41) is 11.3. The zero-order chi connectivity index (χ0) is 23.9. The fraction of sp³-hybridized carbons (Fsp3) is 0.130. The predicted molar refractivity (Wildman–Crippen MR) is 113 cm³/mol. The summed E-state index contributed by atoms with van der Waals surface area (Å²) in [4.78, 5) is 26.9. The Bertz CT molecular complexity index is 1250. The molecule has 2 aromatic carbocycles. The van der Waals surface area contributed by atoms with Crippen LogP contribution in [0.5, 0.6) is 5.75 Å². The summed E-state index contributed by atoms with van der Waals surface area (Å²) >= 11 is 6.02. The van der Waals surface area contributed by atoms with Gasteiger partial charge in [-0.2, -0.15) is 13.2 Å². The van der Waals surface area contributed by atoms with E-state index in [4.69, 9.17) is 20.8 Å². The van der Waals surface area contributed by atoms with Gasteiger partial charge in [0.25, 0.3) is 11.7 Å². The number of nitrogens with zero attached hydrogens (tertiary/aromatic N) is 1. The van der Waals surface area contributed by atoms with E-state index in [1.165, 1.54) is 43.7 Å². The van der Waals surface area contributed by atoms with Crippen LogP contribution in [0, 0.1) is 0 Å². The van der Waals surface area contributed by atoms with Crippen LogP contribution in [-0.2, 0) is 15.8 Å². The predicted octanol–water partition coefficient (Wildman–Crippen LogP) is 5.59. The van der Waals surface area contributed by atoms with Crippen molar-refractivity contribution in [2.24, 2.45) is 0 Å². The zero-order valence-corrected chi connectivity index (χ0v) is 17.6. The average molecular weight is 478 g/mol. The van der Waals surface area contributed by atoms with E-state index in [1.807, 2.05) is 0 Å². The van der Waals surface area contributed by atoms with Gasteiger partial charge in [0.05, 0.1) is 29.5 Å². The number of ketones is 1. The minimum absolute atomic E-state index is 0.0271. The molecule has 1 fully saturated rings. The standard InChI is InChI=1S/C23H15ClF3NO5/c1-32-17-11-12(4-9-15(17)24)20(29)18-19(16-3-2-10-33-16)28(22(31)21(18)30)14-7-5-13(6-8-14)23(25,26)27/h2-11,19,29H,1H3/b20-18-. The van der Waals surface area contributed by atoms with E-state index >= 15 is 0 Å². The summed E-state index contributed by atoms with van der Waals surface area (Å²) in [6.45, 7) is 0. The van der Waals surface area contributed by atoms with E-state index in [0.29, 0.717) is 0 Å². The number of aliphatic hydroxyl groups is 1. The number of anilines is 1. The maximum absolute atomic E-state index is 13.0. The van der Waals surface area contributed by atoms with E-state index in [1.54, 1.807) is 0 Å². The molecule has 1 N–H and O–H groups in total. The van der Waals surface area contributed by atoms with Crippen molar-refractivity contribution in [3.63, 3.8) is 0 Å². The third-order valence-electron chi connectivity index (χ3n) is 5.15. The van der Waals surface area contributed by atoms with Crippen LogP contribution in [0.2, 0.25) is 5.02 Å². The molecule has 6 nitrogen and oxygen atoms in total. The van der Waals surface area contributed by atoms with Crippen LogP contribution in [0.15, 0.2) is 70.9 Å². The molecule has 10 heteroatoms. The van der Waals surface area contributed by atoms with Crippen LogP contribution in [-0.4, -0.2) is 23.9 Å². The molecule has 1 saturated heterocycles. The first-order valence-electron chi connectivity index (χ1n) is 9.49. The molecule has 3 aromatic rings. The van der Waals surface area contributed by atoms with Gasteiger partial charge in [-0.3, -0.25) is 14.5 Å². The molecule has 4 rings (SSSR count). The van der Waals surface area contributed by atoms with Gasteiger partial charge in [0.15, 0.2) is 0 Å². The van der Waals surface area contributed by atoms with E-state index in [2.05, 4.69) is 0 Å². The van der Waals surface area contributed by atoms with E-state index in [9.17, 15) is 27.9 Å². The molecule has 0 saturated carbocycles. The Labute approximate surface area is 190 Å². The number of alkyl halides is 3. The Morgan fingerprint density at radius 3 is 2.39 bits per heavy atom. The van der Waals surface area contributed by atoms with Crippen molar-refractivity contribution in [2.45, 2.75) is 12.2 Å². The molecule has 0 bridgehead atoms. The molecule has 0 spiro atoms. The molecule has 1 atom stereocenters. The van der Waals surface area contributed by atoms with Crippen LogP contribution in [0.3, 0.4) is 0 Å². The fourth-order valence-electron chi connectivity index (χ4n) is 3.59. The molecule has 0 aliphatic carbocycles. The van der Waals surface area contributed by atoms with E-state index in [-0.39, 0.29) is 33.4 Å². The van der Waals surface area contributed by atoms with Gasteiger partial charge >= 0.3 is 6.18 Å². The van der Waals surface area contributed by atoms with Crippen LogP contribution in [0.1, 0.15) is 22.9 Å². The number of Topliss-reactive ketones (excluding diaryl/α,β-unsaturated/α-hetero) is 1. The van der Waals surface area contributed by atoms with Gasteiger partial charge in [-0.1, -0.05) is 11.6 Å². The Balaban J connectivity index is 1.87. The minimum Gasteiger partial charge on any atom is -0.507 e. The highest BCUT2D eigenvalue weighted by atomic mass is 35.5. The van der Waals surface area contributed by atoms with Crippen molar-refractivity contribution in [3.8, 4) is 5.75 Å². The van der Waals surface area contributed by atoms with Crippen molar-refractivity contribution >= 4 is 34.7 Å². The quantitative estimate of drug-likeness (QED) is 0.301. The van der Waals surface area contributed by atoms with E-state index < -0.39 is 35.2 Å². The van der Waals surface area contributed by atoms with Crippen LogP contribution < -0.4 is 9.64 Å². The monoisotopic (exact) mass is 477 g/mol. The summed E-state index contributed by atoms with van der Waals surface area (Å²) in [6, 6.07) is 9.84. The number of carbonyl (C=O) groups is 2. The maximum atomic E-state index is 13.0. The summed E-state index contributed by atoms with van der Waals surface area (Å²) in [6.07, 6.45) is -3.26. The van der Waals surface area contributed by atoms with Crippen molar-refractivity contribution in [1.82, 2.24) is 0 Å². The number of halogens is 4. The third-order valence-corrected chi connectivity index (χ3v) is 5.47. The summed E-state index contributed by atoms with van der Waals surface area (Å²) in [5.74, 6) is -2.20. The molecule has 1 amide bonds. The molecule has 2 heterocycles. The summed E-state index contributed by atoms with van der Waals surface area (Å²) in [7, 11) is 1.37. The first kappa shape index (κ1) is 22.5. The fourth-order valence-corrected chi connectivity index (χ4v) is 3.78. The second-order valence-electron chi connectivity index (χ2n) is 7.08. The van der Waals surface area contributed by atoms with Gasteiger partial charge in [-0.25, -0.2) is 0 Å². The molecular formula is C23H15ClF3NO5. The lowest BCUT2D eigenvalue weighted by Crippen LogP contribution is -2.29. The Hall–Kier alpha value is -3.72. The first-order valence-corrected chi connectivity index (χ1v) is 9.87. The van der Waals surface area contributed by atoms with Crippen molar-refractivity contribution in [3.05, 3.63) is 88.3 Å². The average Bonchev–Trinajstić information content (AvgIpc) is 3.40. The first-order chi connectivity index (χ1) is 15.6. The number of hydrogen-bond donors (Lipinski definition) is 1. The highest BCUT2D eigenvalue weighted by Gasteiger charge is 2.48. The Morgan fingerprint density at radius 1 is 1.12 bits per heavy atom. The molecule has 0 radical (unpaired) electrons. The van der Waals surface area contributed by atoms with Gasteiger partial charge in [0.2, 0.25) is 0 Å². The maximum Gasteiger partial charge on any atom is 0.416 e. The minimum atomic E-state index is -4.57. The Morgan fingerprint density at radius 2 is 1.82 bits per heavy atom. The van der Waals surface area contributed by atoms with Crippen LogP contribution >= 0.6 is 11.6 Å². The van der Waals surface area contributed by atoms with Gasteiger partial charge in [-0.15, -0.1) is 0 Å². The smallest absolute Gasteiger partial charge is 0.416 e. The van der Waals surface area contributed by atoms with Gasteiger partial charge in [0, 0.05) is 11.3 Å². The van der Waals surface area contributed by atoms with E-state index in [0.717, 1.165) is 29.2 Å². The Kier molecular flexibility index (Phi) is 5.67. The van der Waals surface area contributed by atoms with Gasteiger partial charge < -0.3 is 14.3 Å². The molecule has 170 valence electrons. The second kappa shape index (κ2) is 8.32. The number of hydrogen-bond acceptors (Lipinski definition) is 5. The number of ether oxygens (including phenoxy) is 1. The number of rotatable bonds is 4. The lowest BCUT2D eigenvalue weighted by molar-refractivity contribution is -0.137.